The first kappa shape index (κ1) is 13.6. The molecule has 4 heteroatoms. The van der Waals surface area contributed by atoms with Gasteiger partial charge in [0.25, 0.3) is 5.91 Å². The fraction of sp³-hybridized carbons (Fsp3) is 0.125. The highest BCUT2D eigenvalue weighted by Gasteiger charge is 2.01. The highest BCUT2D eigenvalue weighted by Crippen LogP contribution is 2.09. The first-order valence-electron chi connectivity index (χ1n) is 6.11. The number of aromatic nitrogens is 1. The lowest BCUT2D eigenvalue weighted by molar-refractivity contribution is 0.0958. The van der Waals surface area contributed by atoms with E-state index in [4.69, 9.17) is 4.74 Å². The summed E-state index contributed by atoms with van der Waals surface area (Å²) in [4.78, 5) is 15.6. The van der Waals surface area contributed by atoms with Gasteiger partial charge in [-0.2, -0.15) is 0 Å². The number of hydrogen-bond acceptors (Lipinski definition) is 3. The molecule has 1 amide bonds. The summed E-state index contributed by atoms with van der Waals surface area (Å²) in [5.74, 6) is 6.48. The largest absolute Gasteiger partial charge is 0.497 e. The van der Waals surface area contributed by atoms with E-state index in [-0.39, 0.29) is 5.91 Å². The molecule has 0 aliphatic heterocycles. The Morgan fingerprint density at radius 2 is 2.10 bits per heavy atom. The number of carbonyl (C=O) groups is 1. The maximum absolute atomic E-state index is 11.7. The molecule has 0 atom stereocenters. The molecule has 2 aromatic rings. The zero-order valence-electron chi connectivity index (χ0n) is 11.1. The van der Waals surface area contributed by atoms with E-state index in [0.29, 0.717) is 12.1 Å². The van der Waals surface area contributed by atoms with E-state index in [0.717, 1.165) is 11.3 Å². The van der Waals surface area contributed by atoms with E-state index >= 15 is 0 Å². The second-order valence-corrected chi connectivity index (χ2v) is 3.95. The lowest BCUT2D eigenvalue weighted by Gasteiger charge is -2.00. The number of rotatable bonds is 3. The van der Waals surface area contributed by atoms with E-state index in [1.807, 2.05) is 24.3 Å². The van der Waals surface area contributed by atoms with Gasteiger partial charge in [0, 0.05) is 18.0 Å². The minimum atomic E-state index is -0.179. The zero-order valence-corrected chi connectivity index (χ0v) is 11.1. The summed E-state index contributed by atoms with van der Waals surface area (Å²) in [6, 6.07) is 10.9. The molecular weight excluding hydrogens is 252 g/mol. The van der Waals surface area contributed by atoms with Gasteiger partial charge in [0.1, 0.15) is 5.75 Å². The fourth-order valence-electron chi connectivity index (χ4n) is 1.54. The molecule has 1 N–H and O–H groups in total. The molecule has 0 unspecified atom stereocenters. The molecular formula is C16H14N2O2. The van der Waals surface area contributed by atoms with E-state index in [1.54, 1.807) is 25.4 Å². The number of hydrogen-bond donors (Lipinski definition) is 1. The summed E-state index contributed by atoms with van der Waals surface area (Å²) in [6.45, 7) is 0.291. The monoisotopic (exact) mass is 266 g/mol. The normalized spacial score (nSPS) is 9.25. The van der Waals surface area contributed by atoms with Gasteiger partial charge >= 0.3 is 0 Å². The van der Waals surface area contributed by atoms with Crippen molar-refractivity contribution in [1.29, 1.82) is 0 Å². The fourth-order valence-corrected chi connectivity index (χ4v) is 1.54. The molecule has 0 radical (unpaired) electrons. The highest BCUT2D eigenvalue weighted by molar-refractivity contribution is 5.93. The van der Waals surface area contributed by atoms with Crippen LogP contribution in [0.3, 0.4) is 0 Å². The lowest BCUT2D eigenvalue weighted by Crippen LogP contribution is -2.23. The Kier molecular flexibility index (Phi) is 4.74. The number of methoxy groups -OCH3 is 1. The van der Waals surface area contributed by atoms with Crippen LogP contribution in [0.2, 0.25) is 0 Å². The van der Waals surface area contributed by atoms with Crippen molar-refractivity contribution in [3.63, 3.8) is 0 Å². The SMILES string of the molecule is COc1ccc(C#CCNC(=O)c2cccnc2)cc1. The van der Waals surface area contributed by atoms with Crippen molar-refractivity contribution in [2.75, 3.05) is 13.7 Å². The van der Waals surface area contributed by atoms with Crippen molar-refractivity contribution in [2.45, 2.75) is 0 Å². The van der Waals surface area contributed by atoms with Crippen LogP contribution in [0.1, 0.15) is 15.9 Å². The first-order chi connectivity index (χ1) is 9.79. The third-order valence-electron chi connectivity index (χ3n) is 2.58. The van der Waals surface area contributed by atoms with Crippen LogP contribution in [-0.4, -0.2) is 24.5 Å². The second kappa shape index (κ2) is 6.95. The standard InChI is InChI=1S/C16H14N2O2/c1-20-15-8-6-13(7-9-15)4-2-11-18-16(19)14-5-3-10-17-12-14/h3,5-10,12H,11H2,1H3,(H,18,19). The van der Waals surface area contributed by atoms with Gasteiger partial charge in [0.2, 0.25) is 0 Å². The number of ether oxygens (including phenoxy) is 1. The van der Waals surface area contributed by atoms with Crippen LogP contribution in [-0.2, 0) is 0 Å². The molecule has 100 valence electrons. The van der Waals surface area contributed by atoms with E-state index in [2.05, 4.69) is 22.1 Å². The molecule has 1 aromatic carbocycles. The molecule has 0 fully saturated rings. The zero-order chi connectivity index (χ0) is 14.2. The van der Waals surface area contributed by atoms with Crippen molar-refractivity contribution in [3.8, 4) is 17.6 Å². The second-order valence-electron chi connectivity index (χ2n) is 3.95. The Bertz CT molecular complexity index is 625. The van der Waals surface area contributed by atoms with Crippen LogP contribution in [0, 0.1) is 11.8 Å². The summed E-state index contributed by atoms with van der Waals surface area (Å²) in [5, 5.41) is 2.71. The van der Waals surface area contributed by atoms with Crippen LogP contribution >= 0.6 is 0 Å². The molecule has 0 spiro atoms. The van der Waals surface area contributed by atoms with Gasteiger partial charge in [-0.25, -0.2) is 0 Å². The number of nitrogens with one attached hydrogen (secondary N) is 1. The van der Waals surface area contributed by atoms with Crippen molar-refractivity contribution >= 4 is 5.91 Å². The number of nitrogens with zero attached hydrogens (tertiary/aromatic N) is 1. The van der Waals surface area contributed by atoms with Gasteiger partial charge < -0.3 is 10.1 Å². The van der Waals surface area contributed by atoms with Gasteiger partial charge in [-0.1, -0.05) is 11.8 Å². The first-order valence-corrected chi connectivity index (χ1v) is 6.11. The maximum atomic E-state index is 11.7. The molecule has 0 saturated carbocycles. The summed E-state index contributed by atoms with van der Waals surface area (Å²) in [5.41, 5.74) is 1.40. The Hall–Kier alpha value is -2.80. The van der Waals surface area contributed by atoms with Gasteiger partial charge in [0.15, 0.2) is 0 Å². The van der Waals surface area contributed by atoms with Crippen molar-refractivity contribution < 1.29 is 9.53 Å². The molecule has 0 saturated heterocycles. The summed E-state index contributed by atoms with van der Waals surface area (Å²) in [6.07, 6.45) is 3.15. The minimum absolute atomic E-state index is 0.179. The maximum Gasteiger partial charge on any atom is 0.253 e. The number of carbonyl (C=O) groups excluding carboxylic acids is 1. The van der Waals surface area contributed by atoms with Crippen LogP contribution in [0.4, 0.5) is 0 Å². The van der Waals surface area contributed by atoms with Crippen molar-refractivity contribution in [2.24, 2.45) is 0 Å². The Morgan fingerprint density at radius 3 is 2.75 bits per heavy atom. The van der Waals surface area contributed by atoms with Crippen molar-refractivity contribution in [3.05, 3.63) is 59.9 Å². The molecule has 2 rings (SSSR count). The molecule has 0 aliphatic carbocycles. The average Bonchev–Trinajstić information content (AvgIpc) is 2.53. The lowest BCUT2D eigenvalue weighted by atomic mass is 10.2. The van der Waals surface area contributed by atoms with Gasteiger partial charge in [0.05, 0.1) is 19.2 Å². The Labute approximate surface area is 117 Å². The molecule has 0 aliphatic rings. The molecule has 1 aromatic heterocycles. The smallest absolute Gasteiger partial charge is 0.253 e. The van der Waals surface area contributed by atoms with E-state index in [1.165, 1.54) is 6.20 Å². The summed E-state index contributed by atoms with van der Waals surface area (Å²) in [7, 11) is 1.62. The van der Waals surface area contributed by atoms with Gasteiger partial charge in [-0.3, -0.25) is 9.78 Å². The highest BCUT2D eigenvalue weighted by atomic mass is 16.5. The van der Waals surface area contributed by atoms with Crippen LogP contribution < -0.4 is 10.1 Å². The topological polar surface area (TPSA) is 51.2 Å². The molecule has 1 heterocycles. The summed E-state index contributed by atoms with van der Waals surface area (Å²) >= 11 is 0. The van der Waals surface area contributed by atoms with Crippen LogP contribution in [0.25, 0.3) is 0 Å². The third-order valence-corrected chi connectivity index (χ3v) is 2.58. The molecule has 0 bridgehead atoms. The molecule has 4 nitrogen and oxygen atoms in total. The predicted molar refractivity (Wildman–Crippen MR) is 76.4 cm³/mol. The van der Waals surface area contributed by atoms with Gasteiger partial charge in [-0.05, 0) is 36.4 Å². The number of benzene rings is 1. The van der Waals surface area contributed by atoms with Crippen molar-refractivity contribution in [1.82, 2.24) is 10.3 Å². The number of amides is 1. The van der Waals surface area contributed by atoms with Gasteiger partial charge in [-0.15, -0.1) is 0 Å². The molecule has 20 heavy (non-hydrogen) atoms. The third kappa shape index (κ3) is 3.85. The summed E-state index contributed by atoms with van der Waals surface area (Å²) < 4.78 is 5.06. The average molecular weight is 266 g/mol. The van der Waals surface area contributed by atoms with E-state index in [9.17, 15) is 4.79 Å². The van der Waals surface area contributed by atoms with Crippen LogP contribution in [0.15, 0.2) is 48.8 Å². The Balaban J connectivity index is 1.87. The van der Waals surface area contributed by atoms with Crippen LogP contribution in [0.5, 0.6) is 5.75 Å². The minimum Gasteiger partial charge on any atom is -0.497 e. The predicted octanol–water partition coefficient (Wildman–Crippen LogP) is 1.87. The van der Waals surface area contributed by atoms with E-state index < -0.39 is 0 Å². The Morgan fingerprint density at radius 1 is 1.30 bits per heavy atom. The number of pyridine rings is 1. The quantitative estimate of drug-likeness (QED) is 0.863.